The summed E-state index contributed by atoms with van der Waals surface area (Å²) < 4.78 is 34.7. The van der Waals surface area contributed by atoms with Gasteiger partial charge in [0.1, 0.15) is 54.4 Å². The molecule has 8 N–H and O–H groups in total. The monoisotopic (exact) mass is 768 g/mol. The molecule has 0 radical (unpaired) electrons. The Bertz CT molecular complexity index is 1570. The van der Waals surface area contributed by atoms with Crippen molar-refractivity contribution in [2.75, 3.05) is 6.61 Å². The molecule has 16 heteroatoms. The van der Waals surface area contributed by atoms with Crippen LogP contribution in [-0.4, -0.2) is 138 Å². The van der Waals surface area contributed by atoms with E-state index in [4.69, 9.17) is 28.1 Å². The van der Waals surface area contributed by atoms with Gasteiger partial charge in [-0.15, -0.1) is 0 Å². The SMILES string of the molecule is CC(=O)O[C@@H]1C[C@]2(O)[C@H](CC[C@]3(C)[C@@H](c4ccc(=O)oc4)CC[C@@]32O)[C@@]2(C)CC[C@H](O[C@@H]3O[C@@H](C)[C@H](O[C@@H]4O[C@H](CO)[C@@H](O)[C@H](O)[C@H]4O)[C@@H](O)[C@H]3O)C[C@H]12. The van der Waals surface area contributed by atoms with E-state index < -0.39 is 114 Å². The maximum absolute atomic E-state index is 12.9. The van der Waals surface area contributed by atoms with Crippen molar-refractivity contribution in [1.29, 1.82) is 0 Å². The molecule has 54 heavy (non-hydrogen) atoms. The van der Waals surface area contributed by atoms with E-state index in [0.717, 1.165) is 5.56 Å². The zero-order valence-corrected chi connectivity index (χ0v) is 31.1. The van der Waals surface area contributed by atoms with Crippen molar-refractivity contribution in [2.45, 2.75) is 170 Å². The van der Waals surface area contributed by atoms with Crippen molar-refractivity contribution < 1.29 is 73.7 Å². The Morgan fingerprint density at radius 3 is 2.26 bits per heavy atom. The van der Waals surface area contributed by atoms with Gasteiger partial charge in [0, 0.05) is 30.7 Å². The summed E-state index contributed by atoms with van der Waals surface area (Å²) >= 11 is 0. The van der Waals surface area contributed by atoms with E-state index in [1.165, 1.54) is 19.3 Å². The van der Waals surface area contributed by atoms with Crippen molar-refractivity contribution in [3.63, 3.8) is 0 Å². The van der Waals surface area contributed by atoms with Crippen LogP contribution >= 0.6 is 0 Å². The van der Waals surface area contributed by atoms with Crippen molar-refractivity contribution in [2.24, 2.45) is 22.7 Å². The van der Waals surface area contributed by atoms with Gasteiger partial charge in [-0.2, -0.15) is 0 Å². The number of esters is 1. The summed E-state index contributed by atoms with van der Waals surface area (Å²) in [5, 5.41) is 88.3. The summed E-state index contributed by atoms with van der Waals surface area (Å²) in [6.07, 6.45) is -10.7. The standard InChI is InChI=1S/C38H56O16/c1-17-32(54-34-30(45)28(43)27(42)24(15-39)53-34)29(44)31(46)33(50-17)52-20-7-10-35(3)22(13-20)23(51-18(2)40)14-37(47)25(35)9-11-36(4)21(8-12-38(36,37)48)19-5-6-26(41)49-16-19/h5-6,16-17,20-25,27-34,39,42-48H,7-15H2,1-4H3/t17-,20-,21+,22+,23+,24+,25+,27+,28-,29-,30+,31+,32-,33-,34-,35-,36+,37-,38+/m0/s1. The molecule has 7 rings (SSSR count). The molecule has 0 spiro atoms. The first-order valence-corrected chi connectivity index (χ1v) is 19.2. The summed E-state index contributed by atoms with van der Waals surface area (Å²) in [4.78, 5) is 24.3. The first-order chi connectivity index (χ1) is 25.4. The van der Waals surface area contributed by atoms with Gasteiger partial charge >= 0.3 is 11.6 Å². The summed E-state index contributed by atoms with van der Waals surface area (Å²) in [5.74, 6) is -1.31. The van der Waals surface area contributed by atoms with Crippen molar-refractivity contribution in [1.82, 2.24) is 0 Å². The predicted molar refractivity (Wildman–Crippen MR) is 183 cm³/mol. The second-order valence-electron chi connectivity index (χ2n) is 17.3. The van der Waals surface area contributed by atoms with E-state index in [1.807, 2.05) is 6.92 Å². The topological polar surface area (TPSA) is 255 Å². The molecule has 16 nitrogen and oxygen atoms in total. The fraction of sp³-hybridized carbons (Fsp3) is 0.842. The molecule has 1 aromatic heterocycles. The average Bonchev–Trinajstić information content (AvgIpc) is 3.40. The first-order valence-electron chi connectivity index (χ1n) is 19.2. The lowest BCUT2D eigenvalue weighted by Gasteiger charge is -2.68. The highest BCUT2D eigenvalue weighted by Gasteiger charge is 2.75. The van der Waals surface area contributed by atoms with E-state index in [1.54, 1.807) is 13.0 Å². The van der Waals surface area contributed by atoms with Gasteiger partial charge in [-0.05, 0) is 80.8 Å². The highest BCUT2D eigenvalue weighted by molar-refractivity contribution is 5.66. The van der Waals surface area contributed by atoms with Crippen LogP contribution in [0.1, 0.15) is 90.5 Å². The van der Waals surface area contributed by atoms with E-state index in [2.05, 4.69) is 6.92 Å². The number of rotatable bonds is 7. The van der Waals surface area contributed by atoms with Crippen LogP contribution in [-0.2, 0) is 28.5 Å². The Morgan fingerprint density at radius 2 is 1.59 bits per heavy atom. The second kappa shape index (κ2) is 14.4. The predicted octanol–water partition coefficient (Wildman–Crippen LogP) is -0.426. The summed E-state index contributed by atoms with van der Waals surface area (Å²) in [5.41, 5.74) is -4.12. The van der Waals surface area contributed by atoms with Gasteiger partial charge in [-0.3, -0.25) is 4.79 Å². The van der Waals surface area contributed by atoms with Crippen LogP contribution in [0.25, 0.3) is 0 Å². The Kier molecular flexibility index (Phi) is 10.7. The molecule has 3 heterocycles. The molecule has 6 fully saturated rings. The highest BCUT2D eigenvalue weighted by Crippen LogP contribution is 2.72. The minimum Gasteiger partial charge on any atom is -0.462 e. The summed E-state index contributed by atoms with van der Waals surface area (Å²) in [6.45, 7) is 6.30. The third-order valence-corrected chi connectivity index (χ3v) is 14.6. The number of aliphatic hydroxyl groups is 8. The first kappa shape index (κ1) is 40.1. The van der Waals surface area contributed by atoms with Gasteiger partial charge in [0.25, 0.3) is 0 Å². The Labute approximate surface area is 312 Å². The number of hydrogen-bond donors (Lipinski definition) is 8. The summed E-state index contributed by atoms with van der Waals surface area (Å²) in [7, 11) is 0. The second-order valence-corrected chi connectivity index (χ2v) is 17.3. The number of carbonyl (C=O) groups excluding carboxylic acids is 1. The highest BCUT2D eigenvalue weighted by atomic mass is 16.7. The lowest BCUT2D eigenvalue weighted by molar-refractivity contribution is -0.361. The lowest BCUT2D eigenvalue weighted by Crippen LogP contribution is -2.75. The van der Waals surface area contributed by atoms with Crippen LogP contribution in [0.2, 0.25) is 0 Å². The third kappa shape index (κ3) is 6.20. The van der Waals surface area contributed by atoms with Crippen molar-refractivity contribution >= 4 is 5.97 Å². The van der Waals surface area contributed by atoms with E-state index >= 15 is 0 Å². The number of fused-ring (bicyclic) bond motifs is 5. The maximum atomic E-state index is 12.9. The molecule has 0 unspecified atom stereocenters. The largest absolute Gasteiger partial charge is 0.462 e. The van der Waals surface area contributed by atoms with Crippen molar-refractivity contribution in [3.05, 3.63) is 34.4 Å². The van der Waals surface area contributed by atoms with Crippen LogP contribution in [0.15, 0.2) is 27.6 Å². The van der Waals surface area contributed by atoms with Gasteiger partial charge in [0.2, 0.25) is 0 Å². The van der Waals surface area contributed by atoms with Crippen LogP contribution in [0.5, 0.6) is 0 Å². The molecular formula is C38H56O16. The molecule has 4 aliphatic carbocycles. The minimum atomic E-state index is -1.72. The minimum absolute atomic E-state index is 0.0161. The molecule has 2 aliphatic heterocycles. The van der Waals surface area contributed by atoms with E-state index in [-0.39, 0.29) is 24.2 Å². The smallest absolute Gasteiger partial charge is 0.335 e. The van der Waals surface area contributed by atoms with Gasteiger partial charge in [-0.25, -0.2) is 4.79 Å². The van der Waals surface area contributed by atoms with Gasteiger partial charge < -0.3 is 69.0 Å². The lowest BCUT2D eigenvalue weighted by atomic mass is 9.40. The molecule has 304 valence electrons. The molecule has 1 aromatic rings. The number of carbonyl (C=O) groups is 1. The molecule has 19 atom stereocenters. The Hall–Kier alpha value is -2.06. The average molecular weight is 769 g/mol. The molecule has 0 bridgehead atoms. The van der Waals surface area contributed by atoms with Gasteiger partial charge in [0.05, 0.1) is 30.7 Å². The maximum Gasteiger partial charge on any atom is 0.335 e. The van der Waals surface area contributed by atoms with Crippen molar-refractivity contribution in [3.8, 4) is 0 Å². The van der Waals surface area contributed by atoms with Crippen LogP contribution in [0, 0.1) is 22.7 Å². The van der Waals surface area contributed by atoms with Crippen LogP contribution in [0.4, 0.5) is 0 Å². The molecular weight excluding hydrogens is 712 g/mol. The number of ether oxygens (including phenoxy) is 5. The molecule has 0 amide bonds. The van der Waals surface area contributed by atoms with Gasteiger partial charge in [-0.1, -0.05) is 13.8 Å². The number of aliphatic hydroxyl groups excluding tert-OH is 6. The number of hydrogen-bond acceptors (Lipinski definition) is 16. The molecule has 6 aliphatic rings. The van der Waals surface area contributed by atoms with E-state index in [9.17, 15) is 50.4 Å². The third-order valence-electron chi connectivity index (χ3n) is 14.6. The Balaban J connectivity index is 1.07. The zero-order valence-electron chi connectivity index (χ0n) is 31.1. The normalized spacial score (nSPS) is 51.8. The van der Waals surface area contributed by atoms with E-state index in [0.29, 0.717) is 44.9 Å². The molecule has 4 saturated carbocycles. The molecule has 2 saturated heterocycles. The van der Waals surface area contributed by atoms with Crippen LogP contribution < -0.4 is 5.63 Å². The Morgan fingerprint density at radius 1 is 0.889 bits per heavy atom. The summed E-state index contributed by atoms with van der Waals surface area (Å²) in [6, 6.07) is 3.10. The molecule has 0 aromatic carbocycles. The fourth-order valence-corrected chi connectivity index (χ4v) is 11.7. The zero-order chi connectivity index (χ0) is 39.1. The van der Waals surface area contributed by atoms with Gasteiger partial charge in [0.15, 0.2) is 12.6 Å². The fourth-order valence-electron chi connectivity index (χ4n) is 11.7. The quantitative estimate of drug-likeness (QED) is 0.129. The van der Waals surface area contributed by atoms with Crippen LogP contribution in [0.3, 0.4) is 0 Å².